The van der Waals surface area contributed by atoms with Crippen molar-refractivity contribution in [2.45, 2.75) is 58.0 Å². The molecule has 0 aliphatic heterocycles. The smallest absolute Gasteiger partial charge is 0.230 e. The Labute approximate surface area is 120 Å². The molecule has 2 N–H and O–H groups in total. The van der Waals surface area contributed by atoms with Crippen LogP contribution in [-0.2, 0) is 11.3 Å². The monoisotopic (exact) mass is 276 g/mol. The number of aryl methyl sites for hydroxylation is 1. The zero-order valence-electron chi connectivity index (χ0n) is 12.2. The summed E-state index contributed by atoms with van der Waals surface area (Å²) in [6.45, 7) is 3.01. The van der Waals surface area contributed by atoms with Gasteiger partial charge in [0.1, 0.15) is 11.5 Å². The lowest BCUT2D eigenvalue weighted by Crippen LogP contribution is -2.47. The van der Waals surface area contributed by atoms with Gasteiger partial charge >= 0.3 is 0 Å². The molecular formula is C16H24N2O2. The van der Waals surface area contributed by atoms with Crippen molar-refractivity contribution in [3.63, 3.8) is 0 Å². The maximum atomic E-state index is 13.0. The number of hydrogen-bond acceptors (Lipinski definition) is 3. The quantitative estimate of drug-likeness (QED) is 0.899. The summed E-state index contributed by atoms with van der Waals surface area (Å²) in [4.78, 5) is 15.0. The van der Waals surface area contributed by atoms with Crippen LogP contribution in [0.25, 0.3) is 0 Å². The molecule has 110 valence electrons. The van der Waals surface area contributed by atoms with Crippen LogP contribution in [0.15, 0.2) is 16.5 Å². The molecule has 2 aliphatic rings. The predicted molar refractivity (Wildman–Crippen MR) is 77.0 cm³/mol. The van der Waals surface area contributed by atoms with E-state index in [0.717, 1.165) is 50.0 Å². The number of hydrogen-bond donors (Lipinski definition) is 1. The lowest BCUT2D eigenvalue weighted by atomic mass is 9.84. The number of rotatable bonds is 5. The summed E-state index contributed by atoms with van der Waals surface area (Å²) in [5.41, 5.74) is 5.65. The molecule has 0 atom stereocenters. The van der Waals surface area contributed by atoms with E-state index in [9.17, 15) is 4.79 Å². The first-order valence-electron chi connectivity index (χ1n) is 7.71. The van der Waals surface area contributed by atoms with Gasteiger partial charge in [-0.3, -0.25) is 4.79 Å². The van der Waals surface area contributed by atoms with Gasteiger partial charge in [-0.15, -0.1) is 0 Å². The molecular weight excluding hydrogens is 252 g/mol. The van der Waals surface area contributed by atoms with Crippen molar-refractivity contribution >= 4 is 5.91 Å². The Morgan fingerprint density at radius 3 is 2.60 bits per heavy atom. The summed E-state index contributed by atoms with van der Waals surface area (Å²) in [6.07, 6.45) is 6.38. The van der Waals surface area contributed by atoms with Gasteiger partial charge < -0.3 is 15.1 Å². The average Bonchev–Trinajstić information content (AvgIpc) is 3.02. The number of nitrogens with two attached hydrogens (primary N) is 1. The van der Waals surface area contributed by atoms with E-state index in [1.807, 2.05) is 24.0 Å². The summed E-state index contributed by atoms with van der Waals surface area (Å²) >= 11 is 0. The molecule has 1 aromatic rings. The van der Waals surface area contributed by atoms with Crippen LogP contribution in [-0.4, -0.2) is 23.4 Å². The second-order valence-corrected chi connectivity index (χ2v) is 6.37. The summed E-state index contributed by atoms with van der Waals surface area (Å²) in [6, 6.07) is 4.33. The van der Waals surface area contributed by atoms with Crippen LogP contribution >= 0.6 is 0 Å². The van der Waals surface area contributed by atoms with Gasteiger partial charge in [-0.05, 0) is 44.7 Å². The molecule has 0 bridgehead atoms. The first kappa shape index (κ1) is 13.7. The lowest BCUT2D eigenvalue weighted by molar-refractivity contribution is -0.143. The number of furan rings is 1. The number of carbonyl (C=O) groups is 1. The van der Waals surface area contributed by atoms with Crippen LogP contribution in [0.3, 0.4) is 0 Å². The molecule has 0 radical (unpaired) electrons. The Hall–Kier alpha value is -1.29. The summed E-state index contributed by atoms with van der Waals surface area (Å²) in [5.74, 6) is 2.04. The molecule has 0 spiro atoms. The van der Waals surface area contributed by atoms with Crippen molar-refractivity contribution in [1.82, 2.24) is 4.90 Å². The minimum Gasteiger partial charge on any atom is -0.464 e. The molecule has 3 rings (SSSR count). The summed E-state index contributed by atoms with van der Waals surface area (Å²) in [5, 5.41) is 0. The molecule has 0 aromatic carbocycles. The van der Waals surface area contributed by atoms with E-state index < -0.39 is 0 Å². The van der Waals surface area contributed by atoms with Gasteiger partial charge in [-0.2, -0.15) is 0 Å². The topological polar surface area (TPSA) is 59.5 Å². The van der Waals surface area contributed by atoms with Gasteiger partial charge in [0, 0.05) is 12.6 Å². The van der Waals surface area contributed by atoms with Gasteiger partial charge in [0.05, 0.1) is 12.0 Å². The molecule has 1 aromatic heterocycles. The normalized spacial score (nSPS) is 21.1. The highest BCUT2D eigenvalue weighted by Crippen LogP contribution is 2.41. The van der Waals surface area contributed by atoms with E-state index in [-0.39, 0.29) is 11.3 Å². The third kappa shape index (κ3) is 2.49. The van der Waals surface area contributed by atoms with Crippen LogP contribution in [0.2, 0.25) is 0 Å². The van der Waals surface area contributed by atoms with E-state index >= 15 is 0 Å². The second-order valence-electron chi connectivity index (χ2n) is 6.37. The highest BCUT2D eigenvalue weighted by molar-refractivity contribution is 5.84. The van der Waals surface area contributed by atoms with Gasteiger partial charge in [0.25, 0.3) is 0 Å². The maximum Gasteiger partial charge on any atom is 0.230 e. The average molecular weight is 276 g/mol. The van der Waals surface area contributed by atoms with Crippen LogP contribution in [0, 0.1) is 12.3 Å². The molecule has 0 saturated heterocycles. The van der Waals surface area contributed by atoms with E-state index in [1.165, 1.54) is 0 Å². The van der Waals surface area contributed by atoms with E-state index in [1.54, 1.807) is 0 Å². The fourth-order valence-electron chi connectivity index (χ4n) is 3.35. The molecule has 2 aliphatic carbocycles. The first-order chi connectivity index (χ1) is 9.64. The number of carbonyl (C=O) groups excluding carboxylic acids is 1. The van der Waals surface area contributed by atoms with Crippen molar-refractivity contribution in [2.24, 2.45) is 11.1 Å². The van der Waals surface area contributed by atoms with Crippen LogP contribution in [0.4, 0.5) is 0 Å². The molecule has 1 amide bonds. The van der Waals surface area contributed by atoms with Crippen molar-refractivity contribution < 1.29 is 9.21 Å². The Kier molecular flexibility index (Phi) is 3.59. The fourth-order valence-corrected chi connectivity index (χ4v) is 3.35. The van der Waals surface area contributed by atoms with Crippen molar-refractivity contribution in [3.8, 4) is 0 Å². The fraction of sp³-hybridized carbons (Fsp3) is 0.688. The number of amides is 1. The largest absolute Gasteiger partial charge is 0.464 e. The second kappa shape index (κ2) is 5.24. The third-order valence-electron chi connectivity index (χ3n) is 4.78. The Morgan fingerprint density at radius 2 is 2.10 bits per heavy atom. The molecule has 2 saturated carbocycles. The molecule has 2 fully saturated rings. The molecule has 20 heavy (non-hydrogen) atoms. The Bertz CT molecular complexity index is 484. The molecule has 0 unspecified atom stereocenters. The van der Waals surface area contributed by atoms with Crippen LogP contribution < -0.4 is 5.73 Å². The molecule has 4 heteroatoms. The van der Waals surface area contributed by atoms with E-state index in [4.69, 9.17) is 10.2 Å². The third-order valence-corrected chi connectivity index (χ3v) is 4.78. The van der Waals surface area contributed by atoms with Crippen LogP contribution in [0.1, 0.15) is 50.0 Å². The van der Waals surface area contributed by atoms with Crippen molar-refractivity contribution in [1.29, 1.82) is 0 Å². The molecule has 4 nitrogen and oxygen atoms in total. The van der Waals surface area contributed by atoms with Crippen LogP contribution in [0.5, 0.6) is 0 Å². The number of nitrogens with zero attached hydrogens (tertiary/aromatic N) is 1. The van der Waals surface area contributed by atoms with E-state index in [2.05, 4.69) is 0 Å². The lowest BCUT2D eigenvalue weighted by Gasteiger charge is -2.33. The molecule has 1 heterocycles. The van der Waals surface area contributed by atoms with Gasteiger partial charge in [0.2, 0.25) is 5.91 Å². The standard InChI is InChI=1S/C16H24N2O2/c1-12-4-7-14(20-12)10-18(13-5-6-13)15(19)16(11-17)8-2-3-9-16/h4,7,13H,2-3,5-6,8-11,17H2,1H3. The highest BCUT2D eigenvalue weighted by Gasteiger charge is 2.46. The van der Waals surface area contributed by atoms with Gasteiger partial charge in [0.15, 0.2) is 0 Å². The van der Waals surface area contributed by atoms with Gasteiger partial charge in [-0.25, -0.2) is 0 Å². The summed E-state index contributed by atoms with van der Waals surface area (Å²) in [7, 11) is 0. The van der Waals surface area contributed by atoms with Crippen molar-refractivity contribution in [3.05, 3.63) is 23.7 Å². The van der Waals surface area contributed by atoms with E-state index in [0.29, 0.717) is 19.1 Å². The minimum atomic E-state index is -0.301. The Balaban J connectivity index is 1.78. The first-order valence-corrected chi connectivity index (χ1v) is 7.71. The maximum absolute atomic E-state index is 13.0. The Morgan fingerprint density at radius 1 is 1.40 bits per heavy atom. The summed E-state index contributed by atoms with van der Waals surface area (Å²) < 4.78 is 5.65. The van der Waals surface area contributed by atoms with Gasteiger partial charge in [-0.1, -0.05) is 12.8 Å². The minimum absolute atomic E-state index is 0.258. The zero-order valence-corrected chi connectivity index (χ0v) is 12.2. The van der Waals surface area contributed by atoms with Crippen molar-refractivity contribution in [2.75, 3.05) is 6.54 Å². The highest BCUT2D eigenvalue weighted by atomic mass is 16.3. The predicted octanol–water partition coefficient (Wildman–Crippen LogP) is 2.60. The zero-order chi connectivity index (χ0) is 14.2. The SMILES string of the molecule is Cc1ccc(CN(C(=O)C2(CN)CCCC2)C2CC2)o1.